The van der Waals surface area contributed by atoms with Crippen LogP contribution >= 0.6 is 0 Å². The molecule has 132 valence electrons. The summed E-state index contributed by atoms with van der Waals surface area (Å²) in [5.74, 6) is 0.404. The predicted octanol–water partition coefficient (Wildman–Crippen LogP) is 4.54. The average molecular weight is 313 g/mol. The third-order valence-electron chi connectivity index (χ3n) is 4.60. The lowest BCUT2D eigenvalue weighted by Gasteiger charge is -2.26. The lowest BCUT2D eigenvalue weighted by molar-refractivity contribution is -0.123. The standard InChI is InChI=1S/C19H40N2O/c1-4-6-7-8-9-10-11-12-13-15-19(22)18(3)21(5-2)17-14-16-20/h18H,4-17,20H2,1-3H3. The fraction of sp³-hybridized carbons (Fsp3) is 0.947. The molecular weight excluding hydrogens is 272 g/mol. The first-order valence-corrected chi connectivity index (χ1v) is 9.64. The first-order valence-electron chi connectivity index (χ1n) is 9.64. The Labute approximate surface area is 139 Å². The van der Waals surface area contributed by atoms with E-state index in [4.69, 9.17) is 5.73 Å². The van der Waals surface area contributed by atoms with Gasteiger partial charge in [-0.05, 0) is 32.9 Å². The Morgan fingerprint density at radius 1 is 0.909 bits per heavy atom. The van der Waals surface area contributed by atoms with E-state index in [0.717, 1.165) is 32.4 Å². The van der Waals surface area contributed by atoms with Crippen molar-refractivity contribution in [3.63, 3.8) is 0 Å². The number of unbranched alkanes of at least 4 members (excludes halogenated alkanes) is 8. The van der Waals surface area contributed by atoms with Crippen LogP contribution in [0.5, 0.6) is 0 Å². The zero-order valence-electron chi connectivity index (χ0n) is 15.4. The summed E-state index contributed by atoms with van der Waals surface area (Å²) in [5.41, 5.74) is 5.56. The van der Waals surface area contributed by atoms with Gasteiger partial charge >= 0.3 is 0 Å². The molecule has 0 aromatic carbocycles. The number of carbonyl (C=O) groups is 1. The maximum Gasteiger partial charge on any atom is 0.149 e. The number of carbonyl (C=O) groups excluding carboxylic acids is 1. The van der Waals surface area contributed by atoms with Crippen LogP contribution in [-0.2, 0) is 4.79 Å². The van der Waals surface area contributed by atoms with Crippen molar-refractivity contribution in [2.24, 2.45) is 5.73 Å². The Kier molecular flexibility index (Phi) is 15.2. The van der Waals surface area contributed by atoms with Gasteiger partial charge in [-0.25, -0.2) is 0 Å². The van der Waals surface area contributed by atoms with Gasteiger partial charge in [0.15, 0.2) is 0 Å². The van der Waals surface area contributed by atoms with Gasteiger partial charge in [-0.2, -0.15) is 0 Å². The van der Waals surface area contributed by atoms with E-state index in [9.17, 15) is 4.79 Å². The van der Waals surface area contributed by atoms with Crippen LogP contribution in [0.4, 0.5) is 0 Å². The van der Waals surface area contributed by atoms with Crippen molar-refractivity contribution in [1.29, 1.82) is 0 Å². The summed E-state index contributed by atoms with van der Waals surface area (Å²) in [7, 11) is 0. The Hall–Kier alpha value is -0.410. The van der Waals surface area contributed by atoms with Crippen molar-refractivity contribution in [3.05, 3.63) is 0 Å². The molecular formula is C19H40N2O. The third kappa shape index (κ3) is 11.2. The highest BCUT2D eigenvalue weighted by atomic mass is 16.1. The zero-order chi connectivity index (χ0) is 16.6. The van der Waals surface area contributed by atoms with Crippen LogP contribution in [0.1, 0.15) is 91.4 Å². The fourth-order valence-electron chi connectivity index (χ4n) is 2.94. The van der Waals surface area contributed by atoms with Crippen LogP contribution in [0.3, 0.4) is 0 Å². The molecule has 0 amide bonds. The Balaban J connectivity index is 3.62. The van der Waals surface area contributed by atoms with E-state index in [2.05, 4.69) is 25.7 Å². The second-order valence-corrected chi connectivity index (χ2v) is 6.49. The van der Waals surface area contributed by atoms with E-state index in [0.29, 0.717) is 12.3 Å². The number of rotatable bonds is 16. The number of likely N-dealkylation sites (N-methyl/N-ethyl adjacent to an activating group) is 1. The molecule has 0 aliphatic rings. The summed E-state index contributed by atoms with van der Waals surface area (Å²) in [6, 6.07) is 0.0607. The molecule has 0 aliphatic heterocycles. The SMILES string of the molecule is CCCCCCCCCCCC(=O)C(C)N(CC)CCCN. The van der Waals surface area contributed by atoms with Gasteiger partial charge in [0, 0.05) is 13.0 Å². The van der Waals surface area contributed by atoms with E-state index in [1.807, 2.05) is 0 Å². The van der Waals surface area contributed by atoms with Gasteiger partial charge in [0.1, 0.15) is 5.78 Å². The van der Waals surface area contributed by atoms with Crippen LogP contribution in [0.15, 0.2) is 0 Å². The van der Waals surface area contributed by atoms with E-state index in [1.165, 1.54) is 51.4 Å². The van der Waals surface area contributed by atoms with E-state index >= 15 is 0 Å². The molecule has 0 aliphatic carbocycles. The first-order chi connectivity index (χ1) is 10.7. The number of hydrogen-bond acceptors (Lipinski definition) is 3. The van der Waals surface area contributed by atoms with Crippen molar-refractivity contribution in [1.82, 2.24) is 4.90 Å². The van der Waals surface area contributed by atoms with Crippen LogP contribution in [0.25, 0.3) is 0 Å². The van der Waals surface area contributed by atoms with Gasteiger partial charge in [0.05, 0.1) is 6.04 Å². The number of Topliss-reactive ketones (excluding diaryl/α,β-unsaturated/α-hetero) is 1. The molecule has 0 fully saturated rings. The van der Waals surface area contributed by atoms with Crippen molar-refractivity contribution >= 4 is 5.78 Å². The van der Waals surface area contributed by atoms with Gasteiger partial charge in [-0.15, -0.1) is 0 Å². The Morgan fingerprint density at radius 3 is 1.95 bits per heavy atom. The number of nitrogens with two attached hydrogens (primary N) is 1. The number of hydrogen-bond donors (Lipinski definition) is 1. The lowest BCUT2D eigenvalue weighted by Crippen LogP contribution is -2.40. The molecule has 0 aromatic heterocycles. The number of nitrogens with zero attached hydrogens (tertiary/aromatic N) is 1. The predicted molar refractivity (Wildman–Crippen MR) is 97.2 cm³/mol. The van der Waals surface area contributed by atoms with Crippen LogP contribution < -0.4 is 5.73 Å². The topological polar surface area (TPSA) is 46.3 Å². The third-order valence-corrected chi connectivity index (χ3v) is 4.60. The molecule has 0 saturated carbocycles. The molecule has 0 rings (SSSR count). The molecule has 0 bridgehead atoms. The maximum atomic E-state index is 12.2. The van der Waals surface area contributed by atoms with E-state index < -0.39 is 0 Å². The molecule has 2 N–H and O–H groups in total. The van der Waals surface area contributed by atoms with Crippen molar-refractivity contribution in [3.8, 4) is 0 Å². The molecule has 22 heavy (non-hydrogen) atoms. The molecule has 1 unspecified atom stereocenters. The number of ketones is 1. The van der Waals surface area contributed by atoms with E-state index in [-0.39, 0.29) is 6.04 Å². The van der Waals surface area contributed by atoms with Crippen molar-refractivity contribution < 1.29 is 4.79 Å². The average Bonchev–Trinajstić information content (AvgIpc) is 2.53. The monoisotopic (exact) mass is 312 g/mol. The highest BCUT2D eigenvalue weighted by Crippen LogP contribution is 2.12. The Bertz CT molecular complexity index is 256. The smallest absolute Gasteiger partial charge is 0.149 e. The minimum Gasteiger partial charge on any atom is -0.330 e. The molecule has 3 heteroatoms. The van der Waals surface area contributed by atoms with Crippen molar-refractivity contribution in [2.75, 3.05) is 19.6 Å². The highest BCUT2D eigenvalue weighted by molar-refractivity contribution is 5.83. The second-order valence-electron chi connectivity index (χ2n) is 6.49. The maximum absolute atomic E-state index is 12.2. The zero-order valence-corrected chi connectivity index (χ0v) is 15.4. The van der Waals surface area contributed by atoms with Gasteiger partial charge in [0.25, 0.3) is 0 Å². The summed E-state index contributed by atoms with van der Waals surface area (Å²) in [5, 5.41) is 0. The molecule has 0 aromatic rings. The molecule has 0 spiro atoms. The van der Waals surface area contributed by atoms with Crippen molar-refractivity contribution in [2.45, 2.75) is 97.4 Å². The molecule has 3 nitrogen and oxygen atoms in total. The second kappa shape index (κ2) is 15.5. The van der Waals surface area contributed by atoms with E-state index in [1.54, 1.807) is 0 Å². The van der Waals surface area contributed by atoms with Crippen LogP contribution in [0, 0.1) is 0 Å². The van der Waals surface area contributed by atoms with Crippen LogP contribution in [0.2, 0.25) is 0 Å². The minimum absolute atomic E-state index is 0.0607. The van der Waals surface area contributed by atoms with Gasteiger partial charge in [-0.3, -0.25) is 9.69 Å². The summed E-state index contributed by atoms with van der Waals surface area (Å²) in [6.45, 7) is 9.01. The van der Waals surface area contributed by atoms with Gasteiger partial charge < -0.3 is 5.73 Å². The van der Waals surface area contributed by atoms with Gasteiger partial charge in [0.2, 0.25) is 0 Å². The minimum atomic E-state index is 0.0607. The lowest BCUT2D eigenvalue weighted by atomic mass is 10.0. The summed E-state index contributed by atoms with van der Waals surface area (Å²) < 4.78 is 0. The largest absolute Gasteiger partial charge is 0.330 e. The Morgan fingerprint density at radius 2 is 1.45 bits per heavy atom. The summed E-state index contributed by atoms with van der Waals surface area (Å²) in [4.78, 5) is 14.5. The molecule has 0 radical (unpaired) electrons. The molecule has 1 atom stereocenters. The normalized spacial score (nSPS) is 12.8. The molecule has 0 heterocycles. The summed E-state index contributed by atoms with van der Waals surface area (Å²) >= 11 is 0. The first kappa shape index (κ1) is 21.6. The van der Waals surface area contributed by atoms with Crippen LogP contribution in [-0.4, -0.2) is 36.4 Å². The summed E-state index contributed by atoms with van der Waals surface area (Å²) in [6.07, 6.45) is 13.5. The fourth-order valence-corrected chi connectivity index (χ4v) is 2.94. The quantitative estimate of drug-likeness (QED) is 0.426. The van der Waals surface area contributed by atoms with Gasteiger partial charge in [-0.1, -0.05) is 65.2 Å². The molecule has 0 saturated heterocycles. The highest BCUT2D eigenvalue weighted by Gasteiger charge is 2.18.